The fourth-order valence-electron chi connectivity index (χ4n) is 3.29. The molecule has 0 saturated heterocycles. The molecule has 2 rings (SSSR count). The molecule has 0 radical (unpaired) electrons. The second-order valence-electron chi connectivity index (χ2n) is 6.07. The van der Waals surface area contributed by atoms with E-state index in [0.717, 1.165) is 31.4 Å². The molecule has 2 atom stereocenters. The number of rotatable bonds is 3. The van der Waals surface area contributed by atoms with Gasteiger partial charge in [-0.3, -0.25) is 4.98 Å². The molecule has 1 aliphatic rings. The monoisotopic (exact) mass is 262 g/mol. The second kappa shape index (κ2) is 6.49. The zero-order valence-electron chi connectivity index (χ0n) is 12.2. The molecule has 0 bridgehead atoms. The van der Waals surface area contributed by atoms with Gasteiger partial charge >= 0.3 is 0 Å². The normalized spacial score (nSPS) is 28.9. The quantitative estimate of drug-likeness (QED) is 0.910. The van der Waals surface area contributed by atoms with Crippen molar-refractivity contribution >= 4 is 0 Å². The van der Waals surface area contributed by atoms with Gasteiger partial charge < -0.3 is 10.0 Å². The van der Waals surface area contributed by atoms with Crippen molar-refractivity contribution < 1.29 is 5.11 Å². The highest BCUT2D eigenvalue weighted by Crippen LogP contribution is 2.39. The van der Waals surface area contributed by atoms with Gasteiger partial charge in [-0.05, 0) is 44.6 Å². The summed E-state index contributed by atoms with van der Waals surface area (Å²) in [6, 6.07) is 3.95. The fourth-order valence-corrected chi connectivity index (χ4v) is 3.29. The standard InChI is InChI=1S/C16H26N2O/c1-18(2)13-15-7-5-3-4-6-10-16(15,19)14-8-11-17-12-9-14/h8-9,11-12,15,19H,3-7,10,13H2,1-2H3. The molecule has 0 aliphatic heterocycles. The van der Waals surface area contributed by atoms with Crippen molar-refractivity contribution in [2.45, 2.75) is 44.1 Å². The first kappa shape index (κ1) is 14.5. The first-order chi connectivity index (χ1) is 9.13. The van der Waals surface area contributed by atoms with Crippen molar-refractivity contribution in [2.24, 2.45) is 5.92 Å². The third kappa shape index (κ3) is 3.54. The molecule has 3 nitrogen and oxygen atoms in total. The lowest BCUT2D eigenvalue weighted by atomic mass is 9.73. The fraction of sp³-hybridized carbons (Fsp3) is 0.688. The van der Waals surface area contributed by atoms with Crippen molar-refractivity contribution in [3.05, 3.63) is 30.1 Å². The molecule has 2 unspecified atom stereocenters. The predicted molar refractivity (Wildman–Crippen MR) is 77.9 cm³/mol. The summed E-state index contributed by atoms with van der Waals surface area (Å²) in [5, 5.41) is 11.3. The molecule has 1 saturated carbocycles. The lowest BCUT2D eigenvalue weighted by Gasteiger charge is -2.39. The molecular weight excluding hydrogens is 236 g/mol. The summed E-state index contributed by atoms with van der Waals surface area (Å²) in [5.74, 6) is 0.310. The van der Waals surface area contributed by atoms with Crippen molar-refractivity contribution in [2.75, 3.05) is 20.6 Å². The summed E-state index contributed by atoms with van der Waals surface area (Å²) in [6.07, 6.45) is 10.4. The largest absolute Gasteiger partial charge is 0.385 e. The summed E-state index contributed by atoms with van der Waals surface area (Å²) >= 11 is 0. The Bertz CT molecular complexity index is 380. The van der Waals surface area contributed by atoms with Gasteiger partial charge in [0.05, 0.1) is 5.60 Å². The summed E-state index contributed by atoms with van der Waals surface area (Å²) < 4.78 is 0. The first-order valence-corrected chi connectivity index (χ1v) is 7.40. The smallest absolute Gasteiger partial charge is 0.0937 e. The van der Waals surface area contributed by atoms with Crippen molar-refractivity contribution in [3.8, 4) is 0 Å². The second-order valence-corrected chi connectivity index (χ2v) is 6.07. The van der Waals surface area contributed by atoms with E-state index in [-0.39, 0.29) is 0 Å². The summed E-state index contributed by atoms with van der Waals surface area (Å²) in [4.78, 5) is 6.27. The molecule has 19 heavy (non-hydrogen) atoms. The van der Waals surface area contributed by atoms with Crippen LogP contribution in [0, 0.1) is 5.92 Å². The Balaban J connectivity index is 2.28. The highest BCUT2D eigenvalue weighted by molar-refractivity contribution is 5.20. The van der Waals surface area contributed by atoms with Crippen LogP contribution in [-0.4, -0.2) is 35.6 Å². The van der Waals surface area contributed by atoms with Crippen LogP contribution in [0.25, 0.3) is 0 Å². The number of hydrogen-bond acceptors (Lipinski definition) is 3. The van der Waals surface area contributed by atoms with E-state index < -0.39 is 5.60 Å². The minimum Gasteiger partial charge on any atom is -0.385 e. The molecule has 1 aliphatic carbocycles. The summed E-state index contributed by atoms with van der Waals surface area (Å²) in [7, 11) is 4.18. The molecule has 1 aromatic rings. The van der Waals surface area contributed by atoms with Gasteiger partial charge in [-0.25, -0.2) is 0 Å². The lowest BCUT2D eigenvalue weighted by molar-refractivity contribution is -0.0504. The molecule has 0 amide bonds. The van der Waals surface area contributed by atoms with Crippen molar-refractivity contribution in [3.63, 3.8) is 0 Å². The van der Waals surface area contributed by atoms with E-state index in [1.165, 1.54) is 19.3 Å². The summed E-state index contributed by atoms with van der Waals surface area (Å²) in [5.41, 5.74) is 0.351. The van der Waals surface area contributed by atoms with Crippen LogP contribution >= 0.6 is 0 Å². The maximum absolute atomic E-state index is 11.3. The average Bonchev–Trinajstić information content (AvgIpc) is 2.39. The number of pyridine rings is 1. The first-order valence-electron chi connectivity index (χ1n) is 7.40. The molecule has 106 valence electrons. The predicted octanol–water partition coefficient (Wildman–Crippen LogP) is 2.80. The zero-order chi connectivity index (χ0) is 13.7. The van der Waals surface area contributed by atoms with Crippen LogP contribution in [0.1, 0.15) is 44.1 Å². The number of aliphatic hydroxyl groups is 1. The molecule has 1 N–H and O–H groups in total. The number of aromatic nitrogens is 1. The zero-order valence-corrected chi connectivity index (χ0v) is 12.2. The SMILES string of the molecule is CN(C)CC1CCCCCCC1(O)c1ccncc1. The van der Waals surface area contributed by atoms with Crippen LogP contribution < -0.4 is 0 Å². The minimum absolute atomic E-state index is 0.310. The maximum Gasteiger partial charge on any atom is 0.0937 e. The number of nitrogens with zero attached hydrogens (tertiary/aromatic N) is 2. The van der Waals surface area contributed by atoms with Crippen molar-refractivity contribution in [1.82, 2.24) is 9.88 Å². The van der Waals surface area contributed by atoms with Gasteiger partial charge in [0.25, 0.3) is 0 Å². The average molecular weight is 262 g/mol. The molecule has 0 aromatic carbocycles. The van der Waals surface area contributed by atoms with E-state index in [4.69, 9.17) is 0 Å². The molecule has 0 spiro atoms. The highest BCUT2D eigenvalue weighted by atomic mass is 16.3. The van der Waals surface area contributed by atoms with Crippen LogP contribution in [-0.2, 0) is 5.60 Å². The van der Waals surface area contributed by atoms with Crippen LogP contribution in [0.5, 0.6) is 0 Å². The van der Waals surface area contributed by atoms with Gasteiger partial charge in [0.15, 0.2) is 0 Å². The molecule has 1 aromatic heterocycles. The van der Waals surface area contributed by atoms with E-state index in [1.54, 1.807) is 12.4 Å². The Labute approximate surface area is 116 Å². The Kier molecular flexibility index (Phi) is 4.94. The molecular formula is C16H26N2O. The van der Waals surface area contributed by atoms with E-state index in [1.807, 2.05) is 12.1 Å². The number of hydrogen-bond donors (Lipinski definition) is 1. The topological polar surface area (TPSA) is 36.4 Å². The molecule has 3 heteroatoms. The van der Waals surface area contributed by atoms with E-state index in [2.05, 4.69) is 24.0 Å². The van der Waals surface area contributed by atoms with Gasteiger partial charge in [0.2, 0.25) is 0 Å². The highest BCUT2D eigenvalue weighted by Gasteiger charge is 2.38. The Morgan fingerprint density at radius 1 is 1.21 bits per heavy atom. The summed E-state index contributed by atoms with van der Waals surface area (Å²) in [6.45, 7) is 0.943. The molecule has 1 fully saturated rings. The van der Waals surface area contributed by atoms with Gasteiger partial charge in [-0.15, -0.1) is 0 Å². The Morgan fingerprint density at radius 3 is 2.58 bits per heavy atom. The third-order valence-electron chi connectivity index (χ3n) is 4.30. The molecule has 1 heterocycles. The van der Waals surface area contributed by atoms with Gasteiger partial charge in [-0.2, -0.15) is 0 Å². The van der Waals surface area contributed by atoms with Crippen LogP contribution in [0.4, 0.5) is 0 Å². The van der Waals surface area contributed by atoms with Gasteiger partial charge in [0.1, 0.15) is 0 Å². The van der Waals surface area contributed by atoms with Crippen LogP contribution in [0.15, 0.2) is 24.5 Å². The van der Waals surface area contributed by atoms with E-state index in [0.29, 0.717) is 5.92 Å². The Hall–Kier alpha value is -0.930. The van der Waals surface area contributed by atoms with Gasteiger partial charge in [0, 0.05) is 24.9 Å². The third-order valence-corrected chi connectivity index (χ3v) is 4.30. The minimum atomic E-state index is -0.687. The van der Waals surface area contributed by atoms with Crippen molar-refractivity contribution in [1.29, 1.82) is 0 Å². The Morgan fingerprint density at radius 2 is 1.89 bits per heavy atom. The van der Waals surface area contributed by atoms with Crippen LogP contribution in [0.2, 0.25) is 0 Å². The lowest BCUT2D eigenvalue weighted by Crippen LogP contribution is -2.41. The van der Waals surface area contributed by atoms with Gasteiger partial charge in [-0.1, -0.05) is 25.7 Å². The maximum atomic E-state index is 11.3. The van der Waals surface area contributed by atoms with E-state index in [9.17, 15) is 5.11 Å². The van der Waals surface area contributed by atoms with E-state index >= 15 is 0 Å². The van der Waals surface area contributed by atoms with Crippen LogP contribution in [0.3, 0.4) is 0 Å².